The third-order valence-corrected chi connectivity index (χ3v) is 2.81. The molecule has 0 saturated heterocycles. The molecular formula is C11H14O2. The Morgan fingerprint density at radius 2 is 2.15 bits per heavy atom. The summed E-state index contributed by atoms with van der Waals surface area (Å²) in [6, 6.07) is 5.53. The van der Waals surface area contributed by atoms with Crippen LogP contribution in [0.4, 0.5) is 0 Å². The van der Waals surface area contributed by atoms with E-state index in [1.165, 1.54) is 12.0 Å². The summed E-state index contributed by atoms with van der Waals surface area (Å²) < 4.78 is 0. The molecule has 2 rings (SSSR count). The predicted octanol–water partition coefficient (Wildman–Crippen LogP) is 2.01. The quantitative estimate of drug-likeness (QED) is 0.727. The van der Waals surface area contributed by atoms with Crippen LogP contribution in [0.2, 0.25) is 0 Å². The zero-order valence-corrected chi connectivity index (χ0v) is 7.70. The maximum absolute atomic E-state index is 9.34. The van der Waals surface area contributed by atoms with Crippen LogP contribution in [0.25, 0.3) is 0 Å². The van der Waals surface area contributed by atoms with Crippen LogP contribution in [-0.2, 0) is 6.61 Å². The number of aliphatic hydroxyl groups is 1. The second-order valence-corrected chi connectivity index (χ2v) is 3.87. The topological polar surface area (TPSA) is 40.5 Å². The van der Waals surface area contributed by atoms with Crippen LogP contribution in [0.3, 0.4) is 0 Å². The molecule has 1 aliphatic carbocycles. The molecule has 0 spiro atoms. The van der Waals surface area contributed by atoms with Crippen molar-refractivity contribution in [3.8, 4) is 5.75 Å². The van der Waals surface area contributed by atoms with Gasteiger partial charge in [-0.05, 0) is 36.0 Å². The summed E-state index contributed by atoms with van der Waals surface area (Å²) in [6.45, 7) is 2.14. The van der Waals surface area contributed by atoms with Crippen LogP contribution in [0.5, 0.6) is 5.75 Å². The number of aromatic hydroxyl groups is 1. The van der Waals surface area contributed by atoms with Crippen molar-refractivity contribution in [1.82, 2.24) is 0 Å². The average Bonchev–Trinajstić information content (AvgIpc) is 2.84. The molecule has 1 aromatic carbocycles. The summed E-state index contributed by atoms with van der Waals surface area (Å²) in [6.07, 6.45) is 1.23. The molecule has 0 amide bonds. The molecule has 0 unspecified atom stereocenters. The van der Waals surface area contributed by atoms with Crippen molar-refractivity contribution in [3.63, 3.8) is 0 Å². The van der Waals surface area contributed by atoms with Gasteiger partial charge in [-0.3, -0.25) is 0 Å². The van der Waals surface area contributed by atoms with Crippen molar-refractivity contribution in [2.45, 2.75) is 25.9 Å². The predicted molar refractivity (Wildman–Crippen MR) is 50.6 cm³/mol. The largest absolute Gasteiger partial charge is 0.508 e. The van der Waals surface area contributed by atoms with Crippen LogP contribution in [0.15, 0.2) is 18.2 Å². The molecule has 2 N–H and O–H groups in total. The van der Waals surface area contributed by atoms with Crippen LogP contribution in [-0.4, -0.2) is 10.2 Å². The first-order valence-electron chi connectivity index (χ1n) is 4.65. The Hall–Kier alpha value is -1.02. The molecule has 0 radical (unpaired) electrons. The monoisotopic (exact) mass is 178 g/mol. The molecule has 0 aromatic heterocycles. The molecule has 2 heteroatoms. The lowest BCUT2D eigenvalue weighted by Gasteiger charge is -2.04. The van der Waals surface area contributed by atoms with E-state index in [1.54, 1.807) is 6.07 Å². The number of aliphatic hydroxyl groups excluding tert-OH is 1. The van der Waals surface area contributed by atoms with Crippen molar-refractivity contribution in [3.05, 3.63) is 29.3 Å². The lowest BCUT2D eigenvalue weighted by Crippen LogP contribution is -1.88. The molecule has 13 heavy (non-hydrogen) atoms. The van der Waals surface area contributed by atoms with Gasteiger partial charge >= 0.3 is 0 Å². The maximum atomic E-state index is 9.34. The highest BCUT2D eigenvalue weighted by Crippen LogP contribution is 2.47. The highest BCUT2D eigenvalue weighted by molar-refractivity contribution is 5.38. The fourth-order valence-electron chi connectivity index (χ4n) is 1.75. The SMILES string of the molecule is C[C@@H]1C[C@@H]1c1ccc(O)c(CO)c1. The van der Waals surface area contributed by atoms with E-state index in [-0.39, 0.29) is 12.4 Å². The molecule has 2 nitrogen and oxygen atoms in total. The molecule has 0 aliphatic heterocycles. The van der Waals surface area contributed by atoms with Crippen molar-refractivity contribution in [2.75, 3.05) is 0 Å². The smallest absolute Gasteiger partial charge is 0.121 e. The Balaban J connectivity index is 2.28. The van der Waals surface area contributed by atoms with Gasteiger partial charge in [-0.15, -0.1) is 0 Å². The molecule has 1 fully saturated rings. The van der Waals surface area contributed by atoms with Crippen molar-refractivity contribution < 1.29 is 10.2 Å². The molecule has 0 heterocycles. The van der Waals surface area contributed by atoms with Gasteiger partial charge in [0, 0.05) is 5.56 Å². The summed E-state index contributed by atoms with van der Waals surface area (Å²) in [5.41, 5.74) is 1.88. The molecule has 2 atom stereocenters. The number of benzene rings is 1. The van der Waals surface area contributed by atoms with Gasteiger partial charge in [0.05, 0.1) is 6.61 Å². The third-order valence-electron chi connectivity index (χ3n) is 2.81. The lowest BCUT2D eigenvalue weighted by molar-refractivity contribution is 0.275. The summed E-state index contributed by atoms with van der Waals surface area (Å²) in [7, 11) is 0. The Kier molecular flexibility index (Phi) is 2.00. The molecule has 70 valence electrons. The normalized spacial score (nSPS) is 26.0. The van der Waals surface area contributed by atoms with E-state index in [4.69, 9.17) is 5.11 Å². The van der Waals surface area contributed by atoms with E-state index < -0.39 is 0 Å². The first-order chi connectivity index (χ1) is 6.22. The van der Waals surface area contributed by atoms with Gasteiger partial charge in [0.2, 0.25) is 0 Å². The zero-order valence-electron chi connectivity index (χ0n) is 7.70. The minimum absolute atomic E-state index is 0.0826. The average molecular weight is 178 g/mol. The standard InChI is InChI=1S/C11H14O2/c1-7-4-10(7)8-2-3-11(13)9(5-8)6-12/h2-3,5,7,10,12-13H,4,6H2,1H3/t7-,10+/m1/s1. The molecular weight excluding hydrogens is 164 g/mol. The molecule has 1 aromatic rings. The van der Waals surface area contributed by atoms with E-state index in [1.807, 2.05) is 12.1 Å². The Bertz CT molecular complexity index is 320. The Morgan fingerprint density at radius 1 is 1.46 bits per heavy atom. The Morgan fingerprint density at radius 3 is 2.69 bits per heavy atom. The highest BCUT2D eigenvalue weighted by Gasteiger charge is 2.33. The fraction of sp³-hybridized carbons (Fsp3) is 0.455. The molecule has 0 bridgehead atoms. The first kappa shape index (κ1) is 8.57. The fourth-order valence-corrected chi connectivity index (χ4v) is 1.75. The van der Waals surface area contributed by atoms with Crippen molar-refractivity contribution in [2.24, 2.45) is 5.92 Å². The van der Waals surface area contributed by atoms with Crippen LogP contribution in [0, 0.1) is 5.92 Å². The number of hydrogen-bond donors (Lipinski definition) is 2. The maximum Gasteiger partial charge on any atom is 0.121 e. The zero-order chi connectivity index (χ0) is 9.42. The van der Waals surface area contributed by atoms with E-state index >= 15 is 0 Å². The van der Waals surface area contributed by atoms with Crippen molar-refractivity contribution >= 4 is 0 Å². The van der Waals surface area contributed by atoms with Crippen LogP contribution >= 0.6 is 0 Å². The number of hydrogen-bond acceptors (Lipinski definition) is 2. The summed E-state index contributed by atoms with van der Waals surface area (Å²) in [5.74, 6) is 1.60. The minimum Gasteiger partial charge on any atom is -0.508 e. The first-order valence-corrected chi connectivity index (χ1v) is 4.65. The van der Waals surface area contributed by atoms with Gasteiger partial charge in [-0.2, -0.15) is 0 Å². The van der Waals surface area contributed by atoms with Crippen LogP contribution < -0.4 is 0 Å². The number of phenols is 1. The van der Waals surface area contributed by atoms with Gasteiger partial charge in [-0.1, -0.05) is 13.0 Å². The van der Waals surface area contributed by atoms with E-state index in [0.717, 1.165) is 5.92 Å². The van der Waals surface area contributed by atoms with Gasteiger partial charge in [0.1, 0.15) is 5.75 Å². The second kappa shape index (κ2) is 3.04. The van der Waals surface area contributed by atoms with Gasteiger partial charge < -0.3 is 10.2 Å². The van der Waals surface area contributed by atoms with E-state index in [9.17, 15) is 5.11 Å². The van der Waals surface area contributed by atoms with Gasteiger partial charge in [-0.25, -0.2) is 0 Å². The minimum atomic E-state index is -0.0826. The van der Waals surface area contributed by atoms with Crippen LogP contribution in [0.1, 0.15) is 30.4 Å². The summed E-state index contributed by atoms with van der Waals surface area (Å²) in [5, 5.41) is 18.3. The van der Waals surface area contributed by atoms with Gasteiger partial charge in [0.25, 0.3) is 0 Å². The van der Waals surface area contributed by atoms with E-state index in [2.05, 4.69) is 6.92 Å². The lowest BCUT2D eigenvalue weighted by atomic mass is 10.1. The molecule has 1 aliphatic rings. The number of rotatable bonds is 2. The van der Waals surface area contributed by atoms with Gasteiger partial charge in [0.15, 0.2) is 0 Å². The summed E-state index contributed by atoms with van der Waals surface area (Å²) >= 11 is 0. The van der Waals surface area contributed by atoms with Crippen molar-refractivity contribution in [1.29, 1.82) is 0 Å². The molecule has 1 saturated carbocycles. The highest BCUT2D eigenvalue weighted by atomic mass is 16.3. The Labute approximate surface area is 77.8 Å². The summed E-state index contributed by atoms with van der Waals surface area (Å²) in [4.78, 5) is 0. The third kappa shape index (κ3) is 1.54. The second-order valence-electron chi connectivity index (χ2n) is 3.87. The van der Waals surface area contributed by atoms with E-state index in [0.29, 0.717) is 11.5 Å².